The molecule has 1 amide bonds. The Morgan fingerprint density at radius 2 is 1.77 bits per heavy atom. The van der Waals surface area contributed by atoms with Crippen LogP contribution < -0.4 is 14.8 Å². The van der Waals surface area contributed by atoms with Crippen LogP contribution in [0.25, 0.3) is 0 Å². The highest BCUT2D eigenvalue weighted by Crippen LogP contribution is 2.47. The smallest absolute Gasteiger partial charge is 0.251 e. The van der Waals surface area contributed by atoms with E-state index in [-0.39, 0.29) is 17.0 Å². The van der Waals surface area contributed by atoms with E-state index >= 15 is 0 Å². The summed E-state index contributed by atoms with van der Waals surface area (Å²) in [5.74, 6) is 1.49. The molecule has 0 aliphatic carbocycles. The van der Waals surface area contributed by atoms with E-state index in [1.54, 1.807) is 19.5 Å². The first-order chi connectivity index (χ1) is 16.7. The second-order valence-corrected chi connectivity index (χ2v) is 10.5. The number of pyridine rings is 1. The van der Waals surface area contributed by atoms with Gasteiger partial charge in [0.05, 0.1) is 18.4 Å². The zero-order valence-electron chi connectivity index (χ0n) is 20.9. The number of aromatic nitrogens is 1. The first-order valence-electron chi connectivity index (χ1n) is 12.0. The van der Waals surface area contributed by atoms with E-state index in [9.17, 15) is 4.79 Å². The van der Waals surface area contributed by atoms with Crippen molar-refractivity contribution in [2.24, 2.45) is 4.99 Å². The molecule has 5 rings (SSSR count). The quantitative estimate of drug-likeness (QED) is 0.577. The van der Waals surface area contributed by atoms with Crippen molar-refractivity contribution >= 4 is 11.6 Å². The third kappa shape index (κ3) is 4.53. The summed E-state index contributed by atoms with van der Waals surface area (Å²) in [4.78, 5) is 21.9. The van der Waals surface area contributed by atoms with Crippen LogP contribution in [-0.2, 0) is 19.4 Å². The molecule has 0 spiro atoms. The number of ether oxygens (including phenoxy) is 2. The lowest BCUT2D eigenvalue weighted by Gasteiger charge is -2.31. The molecular formula is C29H31N3O3. The Labute approximate surface area is 206 Å². The van der Waals surface area contributed by atoms with Crippen molar-refractivity contribution in [2.75, 3.05) is 7.11 Å². The number of nitrogens with one attached hydrogen (secondary N) is 1. The fourth-order valence-electron chi connectivity index (χ4n) is 4.99. The molecule has 3 heterocycles. The highest BCUT2D eigenvalue weighted by Gasteiger charge is 2.39. The zero-order chi connectivity index (χ0) is 24.8. The Bertz CT molecular complexity index is 1310. The highest BCUT2D eigenvalue weighted by atomic mass is 16.5. The molecule has 2 aliphatic rings. The van der Waals surface area contributed by atoms with E-state index in [1.165, 1.54) is 5.56 Å². The number of methoxy groups -OCH3 is 1. The van der Waals surface area contributed by atoms with Gasteiger partial charge in [0.1, 0.15) is 5.60 Å². The van der Waals surface area contributed by atoms with E-state index in [1.807, 2.05) is 36.4 Å². The maximum absolute atomic E-state index is 12.7. The molecule has 0 saturated heterocycles. The summed E-state index contributed by atoms with van der Waals surface area (Å²) in [6, 6.07) is 13.6. The third-order valence-corrected chi connectivity index (χ3v) is 6.52. The normalized spacial score (nSPS) is 17.0. The van der Waals surface area contributed by atoms with E-state index in [2.05, 4.69) is 44.1 Å². The summed E-state index contributed by atoms with van der Waals surface area (Å²) < 4.78 is 12.0. The van der Waals surface area contributed by atoms with Crippen molar-refractivity contribution in [3.63, 3.8) is 0 Å². The predicted molar refractivity (Wildman–Crippen MR) is 137 cm³/mol. The molecule has 0 bridgehead atoms. The summed E-state index contributed by atoms with van der Waals surface area (Å²) in [7, 11) is 1.69. The van der Waals surface area contributed by atoms with Gasteiger partial charge in [0.2, 0.25) is 0 Å². The van der Waals surface area contributed by atoms with E-state index in [4.69, 9.17) is 14.5 Å². The molecule has 0 saturated carbocycles. The summed E-state index contributed by atoms with van der Waals surface area (Å²) in [5, 5.41) is 2.97. The maximum atomic E-state index is 12.7. The second-order valence-electron chi connectivity index (χ2n) is 10.5. The van der Waals surface area contributed by atoms with Crippen LogP contribution in [0.5, 0.6) is 11.5 Å². The fraction of sp³-hybridized carbons (Fsp3) is 0.345. The Morgan fingerprint density at radius 1 is 1.06 bits per heavy atom. The van der Waals surface area contributed by atoms with Gasteiger partial charge < -0.3 is 14.8 Å². The fourth-order valence-corrected chi connectivity index (χ4v) is 4.99. The van der Waals surface area contributed by atoms with Crippen molar-refractivity contribution in [1.29, 1.82) is 0 Å². The molecule has 0 radical (unpaired) electrons. The van der Waals surface area contributed by atoms with Gasteiger partial charge in [-0.15, -0.1) is 0 Å². The molecule has 6 nitrogen and oxygen atoms in total. The standard InChI is InChI=1S/C29H31N3O3/c1-28(2)15-21-14-23(34-5)26-22(16-29(3,4)35-26)24(21)25(32-28)19-6-8-20(9-7-19)27(33)31-17-18-10-12-30-13-11-18/h6-14H,15-17H2,1-5H3,(H,31,33). The van der Waals surface area contributed by atoms with Crippen molar-refractivity contribution in [3.05, 3.63) is 88.2 Å². The van der Waals surface area contributed by atoms with E-state index in [0.717, 1.165) is 52.3 Å². The van der Waals surface area contributed by atoms with Crippen molar-refractivity contribution in [1.82, 2.24) is 10.3 Å². The summed E-state index contributed by atoms with van der Waals surface area (Å²) in [6.45, 7) is 8.96. The number of amides is 1. The third-order valence-electron chi connectivity index (χ3n) is 6.52. The highest BCUT2D eigenvalue weighted by molar-refractivity contribution is 6.16. The van der Waals surface area contributed by atoms with Crippen LogP contribution in [0.15, 0.2) is 59.9 Å². The summed E-state index contributed by atoms with van der Waals surface area (Å²) in [6.07, 6.45) is 5.06. The van der Waals surface area contributed by atoms with Gasteiger partial charge in [-0.1, -0.05) is 12.1 Å². The molecule has 1 N–H and O–H groups in total. The first kappa shape index (κ1) is 23.1. The van der Waals surface area contributed by atoms with Crippen LogP contribution >= 0.6 is 0 Å². The lowest BCUT2D eigenvalue weighted by Crippen LogP contribution is -2.30. The lowest BCUT2D eigenvalue weighted by molar-refractivity contribution is 0.0951. The molecule has 2 aliphatic heterocycles. The first-order valence-corrected chi connectivity index (χ1v) is 12.0. The zero-order valence-corrected chi connectivity index (χ0v) is 20.9. The monoisotopic (exact) mass is 469 g/mol. The number of nitrogens with zero attached hydrogens (tertiary/aromatic N) is 2. The van der Waals surface area contributed by atoms with Crippen molar-refractivity contribution in [2.45, 2.75) is 58.2 Å². The minimum Gasteiger partial charge on any atom is -0.493 e. The topological polar surface area (TPSA) is 72.8 Å². The SMILES string of the molecule is COc1cc2c(c3c1OC(C)(C)C3)C(c1ccc(C(=O)NCc3ccncc3)cc1)=NC(C)(C)C2. The summed E-state index contributed by atoms with van der Waals surface area (Å²) >= 11 is 0. The average molecular weight is 470 g/mol. The van der Waals surface area contributed by atoms with Gasteiger partial charge in [-0.2, -0.15) is 0 Å². The molecule has 1 aromatic heterocycles. The van der Waals surface area contributed by atoms with Gasteiger partial charge in [0, 0.05) is 47.6 Å². The van der Waals surface area contributed by atoms with Crippen molar-refractivity contribution < 1.29 is 14.3 Å². The Kier molecular flexibility index (Phi) is 5.62. The summed E-state index contributed by atoms with van der Waals surface area (Å²) in [5.41, 5.74) is 6.51. The Hall–Kier alpha value is -3.67. The average Bonchev–Trinajstić information content (AvgIpc) is 3.16. The maximum Gasteiger partial charge on any atom is 0.251 e. The number of hydrogen-bond acceptors (Lipinski definition) is 5. The lowest BCUT2D eigenvalue weighted by atomic mass is 9.81. The van der Waals surface area contributed by atoms with Crippen LogP contribution in [0.2, 0.25) is 0 Å². The molecule has 0 fully saturated rings. The molecule has 0 atom stereocenters. The van der Waals surface area contributed by atoms with E-state index in [0.29, 0.717) is 12.1 Å². The van der Waals surface area contributed by atoms with Crippen molar-refractivity contribution in [3.8, 4) is 11.5 Å². The predicted octanol–water partition coefficient (Wildman–Crippen LogP) is 4.91. The van der Waals surface area contributed by atoms with Crippen LogP contribution in [-0.4, -0.2) is 34.9 Å². The second kappa shape index (κ2) is 8.52. The molecule has 3 aromatic rings. The van der Waals surface area contributed by atoms with Gasteiger partial charge in [-0.05, 0) is 75.6 Å². The molecule has 35 heavy (non-hydrogen) atoms. The molecular weight excluding hydrogens is 438 g/mol. The molecule has 2 aromatic carbocycles. The Morgan fingerprint density at radius 3 is 2.46 bits per heavy atom. The van der Waals surface area contributed by atoms with Gasteiger partial charge in [-0.25, -0.2) is 0 Å². The number of fused-ring (bicyclic) bond motifs is 3. The number of carbonyl (C=O) groups excluding carboxylic acids is 1. The minimum atomic E-state index is -0.306. The van der Waals surface area contributed by atoms with Crippen LogP contribution in [0.4, 0.5) is 0 Å². The minimum absolute atomic E-state index is 0.111. The molecule has 0 unspecified atom stereocenters. The number of benzene rings is 2. The molecule has 180 valence electrons. The van der Waals surface area contributed by atoms with Crippen LogP contribution in [0, 0.1) is 0 Å². The number of rotatable bonds is 5. The van der Waals surface area contributed by atoms with Gasteiger partial charge in [-0.3, -0.25) is 14.8 Å². The van der Waals surface area contributed by atoms with Gasteiger partial charge in [0.25, 0.3) is 5.91 Å². The van der Waals surface area contributed by atoms with Gasteiger partial charge >= 0.3 is 0 Å². The van der Waals surface area contributed by atoms with Crippen LogP contribution in [0.1, 0.15) is 65.9 Å². The molecule has 6 heteroatoms. The number of aliphatic imine (C=N–C) groups is 1. The van der Waals surface area contributed by atoms with E-state index < -0.39 is 0 Å². The Balaban J connectivity index is 1.48. The number of hydrogen-bond donors (Lipinski definition) is 1. The van der Waals surface area contributed by atoms with Gasteiger partial charge in [0.15, 0.2) is 11.5 Å². The largest absolute Gasteiger partial charge is 0.493 e. The number of carbonyl (C=O) groups is 1. The van der Waals surface area contributed by atoms with Crippen LogP contribution in [0.3, 0.4) is 0 Å².